The molecule has 1 heterocycles. The maximum atomic E-state index is 11.6. The number of nitrogens with one attached hydrogen (secondary N) is 2. The lowest BCUT2D eigenvalue weighted by molar-refractivity contribution is -0.139. The number of carbonyl (C=O) groups excluding carboxylic acids is 1. The molecule has 1 unspecified atom stereocenters. The third-order valence-corrected chi connectivity index (χ3v) is 2.60. The van der Waals surface area contributed by atoms with Crippen LogP contribution in [-0.2, 0) is 14.3 Å². The molecular formula is C13H26N2O3. The van der Waals surface area contributed by atoms with Crippen LogP contribution >= 0.6 is 0 Å². The Labute approximate surface area is 110 Å². The molecule has 1 saturated heterocycles. The van der Waals surface area contributed by atoms with Crippen LogP contribution in [0.15, 0.2) is 0 Å². The van der Waals surface area contributed by atoms with Gasteiger partial charge in [0.2, 0.25) is 5.91 Å². The first-order valence-electron chi connectivity index (χ1n) is 6.51. The summed E-state index contributed by atoms with van der Waals surface area (Å²) in [6.45, 7) is 11.7. The first-order chi connectivity index (χ1) is 8.18. The quantitative estimate of drug-likeness (QED) is 0.773. The highest BCUT2D eigenvalue weighted by atomic mass is 16.7. The van der Waals surface area contributed by atoms with Crippen LogP contribution in [0.2, 0.25) is 0 Å². The van der Waals surface area contributed by atoms with Crippen molar-refractivity contribution >= 4 is 5.91 Å². The molecule has 1 amide bonds. The zero-order valence-corrected chi connectivity index (χ0v) is 12.1. The number of hydrogen-bond acceptors (Lipinski definition) is 4. The molecule has 18 heavy (non-hydrogen) atoms. The standard InChI is InChI=1S/C13H26N2O3/c1-12(2,3)15-7-6-11(16)14-8-10-9-17-13(4,5)18-10/h10,15H,6-9H2,1-5H3,(H,14,16). The van der Waals surface area contributed by atoms with E-state index in [1.54, 1.807) is 0 Å². The third-order valence-electron chi connectivity index (χ3n) is 2.60. The number of amides is 1. The summed E-state index contributed by atoms with van der Waals surface area (Å²) in [5, 5.41) is 6.14. The van der Waals surface area contributed by atoms with Gasteiger partial charge in [0.1, 0.15) is 6.10 Å². The fourth-order valence-electron chi connectivity index (χ4n) is 1.73. The minimum absolute atomic E-state index is 0.0417. The predicted molar refractivity (Wildman–Crippen MR) is 70.3 cm³/mol. The molecule has 0 bridgehead atoms. The maximum Gasteiger partial charge on any atom is 0.221 e. The van der Waals surface area contributed by atoms with Crippen molar-refractivity contribution in [3.05, 3.63) is 0 Å². The molecule has 5 nitrogen and oxygen atoms in total. The Kier molecular flexibility index (Phi) is 5.13. The lowest BCUT2D eigenvalue weighted by Crippen LogP contribution is -2.40. The van der Waals surface area contributed by atoms with E-state index in [2.05, 4.69) is 31.4 Å². The Bertz CT molecular complexity index is 284. The first-order valence-corrected chi connectivity index (χ1v) is 6.51. The van der Waals surface area contributed by atoms with Crippen LogP contribution in [0, 0.1) is 0 Å². The molecule has 1 aliphatic heterocycles. The summed E-state index contributed by atoms with van der Waals surface area (Å²) in [4.78, 5) is 11.6. The molecule has 5 heteroatoms. The van der Waals surface area contributed by atoms with Gasteiger partial charge in [0.05, 0.1) is 6.61 Å². The number of rotatable bonds is 5. The van der Waals surface area contributed by atoms with Gasteiger partial charge in [0.25, 0.3) is 0 Å². The minimum atomic E-state index is -0.525. The first kappa shape index (κ1) is 15.4. The van der Waals surface area contributed by atoms with E-state index in [0.29, 0.717) is 26.1 Å². The van der Waals surface area contributed by atoms with Crippen molar-refractivity contribution in [3.8, 4) is 0 Å². The van der Waals surface area contributed by atoms with Gasteiger partial charge in [-0.15, -0.1) is 0 Å². The highest BCUT2D eigenvalue weighted by Crippen LogP contribution is 2.21. The predicted octanol–water partition coefficient (Wildman–Crippen LogP) is 1.03. The van der Waals surface area contributed by atoms with Gasteiger partial charge in [0, 0.05) is 25.0 Å². The molecule has 1 aliphatic rings. The van der Waals surface area contributed by atoms with Crippen LogP contribution in [0.4, 0.5) is 0 Å². The van der Waals surface area contributed by atoms with E-state index in [1.165, 1.54) is 0 Å². The summed E-state index contributed by atoms with van der Waals surface area (Å²) >= 11 is 0. The van der Waals surface area contributed by atoms with Crippen molar-refractivity contribution in [2.45, 2.75) is 58.5 Å². The number of hydrogen-bond donors (Lipinski definition) is 2. The Balaban J connectivity index is 2.11. The van der Waals surface area contributed by atoms with E-state index >= 15 is 0 Å². The van der Waals surface area contributed by atoms with Gasteiger partial charge in [-0.1, -0.05) is 0 Å². The summed E-state index contributed by atoms with van der Waals surface area (Å²) in [5.41, 5.74) is 0.0483. The lowest BCUT2D eigenvalue weighted by atomic mass is 10.1. The van der Waals surface area contributed by atoms with E-state index in [4.69, 9.17) is 9.47 Å². The largest absolute Gasteiger partial charge is 0.353 e. The SMILES string of the molecule is CC(C)(C)NCCC(=O)NCC1COC(C)(C)O1. The molecule has 1 rings (SSSR count). The topological polar surface area (TPSA) is 59.6 Å². The molecule has 0 aromatic rings. The summed E-state index contributed by atoms with van der Waals surface area (Å²) in [7, 11) is 0. The van der Waals surface area contributed by atoms with Gasteiger partial charge in [-0.05, 0) is 34.6 Å². The van der Waals surface area contributed by atoms with E-state index in [-0.39, 0.29) is 17.6 Å². The third kappa shape index (κ3) is 6.33. The second-order valence-electron chi connectivity index (χ2n) is 6.18. The van der Waals surface area contributed by atoms with E-state index < -0.39 is 5.79 Å². The van der Waals surface area contributed by atoms with Crippen molar-refractivity contribution in [1.29, 1.82) is 0 Å². The van der Waals surface area contributed by atoms with Gasteiger partial charge in [-0.2, -0.15) is 0 Å². The van der Waals surface area contributed by atoms with Crippen LogP contribution in [-0.4, -0.2) is 43.0 Å². The van der Waals surface area contributed by atoms with Crippen molar-refractivity contribution in [1.82, 2.24) is 10.6 Å². The van der Waals surface area contributed by atoms with E-state index in [9.17, 15) is 4.79 Å². The van der Waals surface area contributed by atoms with E-state index in [1.807, 2.05) is 13.8 Å². The summed E-state index contributed by atoms with van der Waals surface area (Å²) in [6, 6.07) is 0. The molecule has 0 saturated carbocycles. The van der Waals surface area contributed by atoms with Crippen LogP contribution in [0.25, 0.3) is 0 Å². The molecule has 0 radical (unpaired) electrons. The highest BCUT2D eigenvalue weighted by molar-refractivity contribution is 5.76. The smallest absolute Gasteiger partial charge is 0.221 e. The minimum Gasteiger partial charge on any atom is -0.353 e. The van der Waals surface area contributed by atoms with Gasteiger partial charge in [-0.25, -0.2) is 0 Å². The second-order valence-corrected chi connectivity index (χ2v) is 6.18. The van der Waals surface area contributed by atoms with Gasteiger partial charge in [0.15, 0.2) is 5.79 Å². The molecule has 1 atom stereocenters. The molecule has 106 valence electrons. The van der Waals surface area contributed by atoms with Gasteiger partial charge >= 0.3 is 0 Å². The fraction of sp³-hybridized carbons (Fsp3) is 0.923. The van der Waals surface area contributed by atoms with Gasteiger partial charge < -0.3 is 20.1 Å². The molecule has 0 aliphatic carbocycles. The zero-order valence-electron chi connectivity index (χ0n) is 12.1. The second kappa shape index (κ2) is 5.99. The summed E-state index contributed by atoms with van der Waals surface area (Å²) in [6.07, 6.45) is 0.438. The molecule has 0 spiro atoms. The highest BCUT2D eigenvalue weighted by Gasteiger charge is 2.32. The van der Waals surface area contributed by atoms with Crippen molar-refractivity contribution < 1.29 is 14.3 Å². The summed E-state index contributed by atoms with van der Waals surface area (Å²) < 4.78 is 11.0. The lowest BCUT2D eigenvalue weighted by Gasteiger charge is -2.20. The summed E-state index contributed by atoms with van der Waals surface area (Å²) in [5.74, 6) is -0.483. The average molecular weight is 258 g/mol. The molecule has 2 N–H and O–H groups in total. The maximum absolute atomic E-state index is 11.6. The van der Waals surface area contributed by atoms with Crippen LogP contribution in [0.5, 0.6) is 0 Å². The Morgan fingerprint density at radius 1 is 1.39 bits per heavy atom. The van der Waals surface area contributed by atoms with Crippen molar-refractivity contribution in [3.63, 3.8) is 0 Å². The Hall–Kier alpha value is -0.650. The molecule has 0 aromatic carbocycles. The number of carbonyl (C=O) groups is 1. The Morgan fingerprint density at radius 2 is 2.06 bits per heavy atom. The van der Waals surface area contributed by atoms with Crippen LogP contribution in [0.3, 0.4) is 0 Å². The Morgan fingerprint density at radius 3 is 2.56 bits per heavy atom. The molecule has 1 fully saturated rings. The van der Waals surface area contributed by atoms with Crippen molar-refractivity contribution in [2.24, 2.45) is 0 Å². The average Bonchev–Trinajstić information content (AvgIpc) is 2.53. The number of ether oxygens (including phenoxy) is 2. The van der Waals surface area contributed by atoms with Crippen molar-refractivity contribution in [2.75, 3.05) is 19.7 Å². The zero-order chi connectivity index (χ0) is 13.8. The van der Waals surface area contributed by atoms with E-state index in [0.717, 1.165) is 0 Å². The van der Waals surface area contributed by atoms with Gasteiger partial charge in [-0.3, -0.25) is 4.79 Å². The molecule has 0 aromatic heterocycles. The van der Waals surface area contributed by atoms with Crippen LogP contribution < -0.4 is 10.6 Å². The van der Waals surface area contributed by atoms with Crippen LogP contribution in [0.1, 0.15) is 41.0 Å². The normalized spacial score (nSPS) is 23.1. The molecular weight excluding hydrogens is 232 g/mol. The monoisotopic (exact) mass is 258 g/mol. The fourth-order valence-corrected chi connectivity index (χ4v) is 1.73.